The summed E-state index contributed by atoms with van der Waals surface area (Å²) in [5, 5.41) is 0.793. The van der Waals surface area contributed by atoms with Gasteiger partial charge < -0.3 is 9.80 Å². The van der Waals surface area contributed by atoms with Crippen LogP contribution in [0.2, 0.25) is 5.02 Å². The third-order valence-corrected chi connectivity index (χ3v) is 4.52. The van der Waals surface area contributed by atoms with E-state index in [0.717, 1.165) is 42.5 Å². The van der Waals surface area contributed by atoms with Crippen LogP contribution in [0.5, 0.6) is 0 Å². The number of para-hydroxylation sites is 2. The van der Waals surface area contributed by atoms with E-state index in [4.69, 9.17) is 23.2 Å². The molecule has 0 amide bonds. The average Bonchev–Trinajstić information content (AvgIpc) is 2.55. The van der Waals surface area contributed by atoms with Gasteiger partial charge in [-0.1, -0.05) is 41.9 Å². The van der Waals surface area contributed by atoms with Gasteiger partial charge in [-0.2, -0.15) is 0 Å². The monoisotopic (exact) mass is 320 g/mol. The lowest BCUT2D eigenvalue weighted by molar-refractivity contribution is 0.652. The highest BCUT2D eigenvalue weighted by Gasteiger charge is 2.21. The van der Waals surface area contributed by atoms with Gasteiger partial charge in [0.25, 0.3) is 0 Å². The fourth-order valence-corrected chi connectivity index (χ4v) is 3.38. The lowest BCUT2D eigenvalue weighted by Gasteiger charge is -2.38. The van der Waals surface area contributed by atoms with E-state index in [0.29, 0.717) is 5.88 Å². The zero-order chi connectivity index (χ0) is 14.7. The Balaban J connectivity index is 1.75. The molecule has 0 bridgehead atoms. The Morgan fingerprint density at radius 2 is 1.48 bits per heavy atom. The van der Waals surface area contributed by atoms with Crippen LogP contribution in [-0.2, 0) is 5.88 Å². The minimum Gasteiger partial charge on any atom is -0.368 e. The first kappa shape index (κ1) is 14.6. The van der Waals surface area contributed by atoms with Crippen molar-refractivity contribution in [1.29, 1.82) is 0 Å². The van der Waals surface area contributed by atoms with Crippen LogP contribution in [0.1, 0.15) is 5.56 Å². The number of hydrogen-bond acceptors (Lipinski definition) is 2. The van der Waals surface area contributed by atoms with Gasteiger partial charge >= 0.3 is 0 Å². The molecule has 2 aromatic carbocycles. The second-order valence-electron chi connectivity index (χ2n) is 5.19. The quantitative estimate of drug-likeness (QED) is 0.773. The summed E-state index contributed by atoms with van der Waals surface area (Å²) in [6, 6.07) is 16.5. The van der Waals surface area contributed by atoms with Crippen LogP contribution < -0.4 is 9.80 Å². The molecule has 1 fully saturated rings. The third-order valence-electron chi connectivity index (χ3n) is 3.93. The van der Waals surface area contributed by atoms with E-state index in [2.05, 4.69) is 46.2 Å². The minimum atomic E-state index is 0.495. The lowest BCUT2D eigenvalue weighted by Crippen LogP contribution is -2.46. The summed E-state index contributed by atoms with van der Waals surface area (Å²) in [5.74, 6) is 0.495. The molecule has 110 valence electrons. The number of hydrogen-bond donors (Lipinski definition) is 0. The van der Waals surface area contributed by atoms with Gasteiger partial charge in [0.05, 0.1) is 10.7 Å². The number of rotatable bonds is 3. The van der Waals surface area contributed by atoms with Crippen molar-refractivity contribution in [3.8, 4) is 0 Å². The van der Waals surface area contributed by atoms with Gasteiger partial charge in [0.2, 0.25) is 0 Å². The van der Waals surface area contributed by atoms with E-state index in [1.54, 1.807) is 0 Å². The standard InChI is InChI=1S/C17H18Cl2N2/c18-13-14-5-4-8-16(19)17(14)21-11-9-20(10-12-21)15-6-2-1-3-7-15/h1-8H,9-13H2. The molecule has 1 aliphatic heterocycles. The van der Waals surface area contributed by atoms with Crippen LogP contribution in [0, 0.1) is 0 Å². The number of halogens is 2. The number of nitrogens with zero attached hydrogens (tertiary/aromatic N) is 2. The van der Waals surface area contributed by atoms with E-state index >= 15 is 0 Å². The van der Waals surface area contributed by atoms with Gasteiger partial charge in [-0.25, -0.2) is 0 Å². The van der Waals surface area contributed by atoms with E-state index in [9.17, 15) is 0 Å². The molecular weight excluding hydrogens is 303 g/mol. The van der Waals surface area contributed by atoms with Gasteiger partial charge in [0.1, 0.15) is 0 Å². The Morgan fingerprint density at radius 3 is 2.14 bits per heavy atom. The molecule has 1 saturated heterocycles. The largest absolute Gasteiger partial charge is 0.368 e. The Kier molecular flexibility index (Phi) is 4.57. The van der Waals surface area contributed by atoms with E-state index in [-0.39, 0.29) is 0 Å². The Bertz CT molecular complexity index is 593. The van der Waals surface area contributed by atoms with Gasteiger partial charge in [0.15, 0.2) is 0 Å². The predicted octanol–water partition coefficient (Wildman–Crippen LogP) is 4.41. The minimum absolute atomic E-state index is 0.495. The molecule has 0 unspecified atom stereocenters. The van der Waals surface area contributed by atoms with Crippen LogP contribution in [0.4, 0.5) is 11.4 Å². The average molecular weight is 321 g/mol. The van der Waals surface area contributed by atoms with E-state index in [1.807, 2.05) is 12.1 Å². The first-order chi connectivity index (χ1) is 10.3. The first-order valence-electron chi connectivity index (χ1n) is 7.18. The van der Waals surface area contributed by atoms with Crippen LogP contribution in [0.15, 0.2) is 48.5 Å². The summed E-state index contributed by atoms with van der Waals surface area (Å²) in [6.45, 7) is 3.92. The molecule has 0 N–H and O–H groups in total. The molecule has 0 saturated carbocycles. The molecule has 0 aromatic heterocycles. The molecule has 1 aliphatic rings. The molecule has 0 atom stereocenters. The summed E-state index contributed by atoms with van der Waals surface area (Å²) < 4.78 is 0. The molecule has 2 nitrogen and oxygen atoms in total. The molecule has 0 aliphatic carbocycles. The Morgan fingerprint density at radius 1 is 0.810 bits per heavy atom. The third kappa shape index (κ3) is 3.12. The topological polar surface area (TPSA) is 6.48 Å². The Hall–Kier alpha value is -1.38. The molecule has 1 heterocycles. The summed E-state index contributed by atoms with van der Waals surface area (Å²) in [7, 11) is 0. The van der Waals surface area contributed by atoms with Gasteiger partial charge in [-0.3, -0.25) is 0 Å². The molecule has 21 heavy (non-hydrogen) atoms. The second kappa shape index (κ2) is 6.59. The van der Waals surface area contributed by atoms with Gasteiger partial charge in [-0.15, -0.1) is 11.6 Å². The SMILES string of the molecule is ClCc1cccc(Cl)c1N1CCN(c2ccccc2)CC1. The molecule has 3 rings (SSSR count). The van der Waals surface area contributed by atoms with Crippen molar-refractivity contribution < 1.29 is 0 Å². The van der Waals surface area contributed by atoms with Gasteiger partial charge in [-0.05, 0) is 23.8 Å². The smallest absolute Gasteiger partial charge is 0.0642 e. The second-order valence-corrected chi connectivity index (χ2v) is 5.87. The van der Waals surface area contributed by atoms with Crippen molar-refractivity contribution in [2.75, 3.05) is 36.0 Å². The maximum Gasteiger partial charge on any atom is 0.0642 e. The van der Waals surface area contributed by atoms with E-state index in [1.165, 1.54) is 5.69 Å². The molecular formula is C17H18Cl2N2. The van der Waals surface area contributed by atoms with Crippen LogP contribution in [0.3, 0.4) is 0 Å². The Labute approximate surface area is 135 Å². The van der Waals surface area contributed by atoms with Crippen molar-refractivity contribution >= 4 is 34.6 Å². The van der Waals surface area contributed by atoms with Crippen LogP contribution in [0.25, 0.3) is 0 Å². The fraction of sp³-hybridized carbons (Fsp3) is 0.294. The van der Waals surface area contributed by atoms with Crippen LogP contribution >= 0.6 is 23.2 Å². The highest BCUT2D eigenvalue weighted by molar-refractivity contribution is 6.33. The van der Waals surface area contributed by atoms with Gasteiger partial charge in [0, 0.05) is 37.7 Å². The van der Waals surface area contributed by atoms with Crippen LogP contribution in [-0.4, -0.2) is 26.2 Å². The number of piperazine rings is 1. The first-order valence-corrected chi connectivity index (χ1v) is 8.09. The molecule has 2 aromatic rings. The molecule has 0 spiro atoms. The summed E-state index contributed by atoms with van der Waals surface area (Å²) >= 11 is 12.4. The molecule has 0 radical (unpaired) electrons. The highest BCUT2D eigenvalue weighted by atomic mass is 35.5. The summed E-state index contributed by atoms with van der Waals surface area (Å²) in [6.07, 6.45) is 0. The number of alkyl halides is 1. The number of anilines is 2. The summed E-state index contributed by atoms with van der Waals surface area (Å²) in [4.78, 5) is 4.76. The fourth-order valence-electron chi connectivity index (χ4n) is 2.85. The summed E-state index contributed by atoms with van der Waals surface area (Å²) in [5.41, 5.74) is 3.49. The highest BCUT2D eigenvalue weighted by Crippen LogP contribution is 2.32. The van der Waals surface area contributed by atoms with Crippen molar-refractivity contribution in [3.63, 3.8) is 0 Å². The zero-order valence-corrected chi connectivity index (χ0v) is 13.3. The lowest BCUT2D eigenvalue weighted by atomic mass is 10.1. The van der Waals surface area contributed by atoms with Crippen molar-refractivity contribution in [1.82, 2.24) is 0 Å². The molecule has 4 heteroatoms. The van der Waals surface area contributed by atoms with Crippen molar-refractivity contribution in [2.24, 2.45) is 0 Å². The van der Waals surface area contributed by atoms with E-state index < -0.39 is 0 Å². The maximum absolute atomic E-state index is 6.38. The predicted molar refractivity (Wildman–Crippen MR) is 91.9 cm³/mol. The zero-order valence-electron chi connectivity index (χ0n) is 11.8. The normalized spacial score (nSPS) is 15.3. The van der Waals surface area contributed by atoms with Crippen molar-refractivity contribution in [2.45, 2.75) is 5.88 Å². The maximum atomic E-state index is 6.38. The van der Waals surface area contributed by atoms with Crippen molar-refractivity contribution in [3.05, 3.63) is 59.1 Å². The number of benzene rings is 2.